The minimum atomic E-state index is -0.393. The van der Waals surface area contributed by atoms with Crippen LogP contribution in [-0.2, 0) is 14.3 Å². The Hall–Kier alpha value is -1.10. The van der Waals surface area contributed by atoms with Crippen molar-refractivity contribution < 1.29 is 14.3 Å². The van der Waals surface area contributed by atoms with Crippen molar-refractivity contribution in [3.63, 3.8) is 0 Å². The first-order valence-electron chi connectivity index (χ1n) is 5.95. The maximum Gasteiger partial charge on any atom is 0.243 e. The van der Waals surface area contributed by atoms with Gasteiger partial charge in [0.15, 0.2) is 0 Å². The van der Waals surface area contributed by atoms with E-state index in [1.165, 1.54) is 12.8 Å². The highest BCUT2D eigenvalue weighted by Crippen LogP contribution is 2.34. The zero-order valence-corrected chi connectivity index (χ0v) is 9.07. The summed E-state index contributed by atoms with van der Waals surface area (Å²) < 4.78 is 5.06. The van der Waals surface area contributed by atoms with E-state index >= 15 is 0 Å². The lowest BCUT2D eigenvalue weighted by atomic mass is 10.0. The van der Waals surface area contributed by atoms with Gasteiger partial charge in [0.1, 0.15) is 12.1 Å². The van der Waals surface area contributed by atoms with E-state index in [4.69, 9.17) is 4.74 Å². The highest BCUT2D eigenvalue weighted by Gasteiger charge is 2.39. The van der Waals surface area contributed by atoms with E-state index in [1.807, 2.05) is 0 Å². The summed E-state index contributed by atoms with van der Waals surface area (Å²) in [5.41, 5.74) is 0. The minimum Gasteiger partial charge on any atom is -0.373 e. The van der Waals surface area contributed by atoms with Crippen LogP contribution in [0.25, 0.3) is 0 Å². The fraction of sp³-hybridized carbons (Fsp3) is 0.818. The fourth-order valence-corrected chi connectivity index (χ4v) is 2.16. The highest BCUT2D eigenvalue weighted by molar-refractivity contribution is 5.96. The maximum absolute atomic E-state index is 11.7. The van der Waals surface area contributed by atoms with Gasteiger partial charge in [0, 0.05) is 6.42 Å². The molecule has 5 heteroatoms. The van der Waals surface area contributed by atoms with Crippen molar-refractivity contribution in [2.24, 2.45) is 5.92 Å². The Kier molecular flexibility index (Phi) is 2.35. The molecule has 2 N–H and O–H groups in total. The molecule has 0 spiro atoms. The van der Waals surface area contributed by atoms with Crippen LogP contribution < -0.4 is 10.6 Å². The number of hydrogen-bond acceptors (Lipinski definition) is 3. The number of nitrogens with one attached hydrogen (secondary N) is 2. The van der Waals surface area contributed by atoms with Crippen molar-refractivity contribution in [3.8, 4) is 0 Å². The van der Waals surface area contributed by atoms with Gasteiger partial charge in [-0.2, -0.15) is 0 Å². The summed E-state index contributed by atoms with van der Waals surface area (Å²) in [6.07, 6.45) is 3.95. The SMILES string of the molecule is O=C1NC(CC2CO2)C(=O)NC1CC1CC1. The second kappa shape index (κ2) is 3.73. The Morgan fingerprint density at radius 1 is 1.06 bits per heavy atom. The quantitative estimate of drug-likeness (QED) is 0.636. The predicted molar refractivity (Wildman–Crippen MR) is 55.6 cm³/mol. The largest absolute Gasteiger partial charge is 0.373 e. The molecule has 2 saturated heterocycles. The Balaban J connectivity index is 1.57. The van der Waals surface area contributed by atoms with Gasteiger partial charge >= 0.3 is 0 Å². The Bertz CT molecular complexity index is 291. The fourth-order valence-electron chi connectivity index (χ4n) is 2.16. The molecule has 2 aliphatic heterocycles. The number of carbonyl (C=O) groups excluding carboxylic acids is 2. The molecular formula is C11H16N2O3. The van der Waals surface area contributed by atoms with Crippen molar-refractivity contribution in [2.45, 2.75) is 43.9 Å². The van der Waals surface area contributed by atoms with Gasteiger partial charge in [0.25, 0.3) is 0 Å². The van der Waals surface area contributed by atoms with Crippen LogP contribution in [0.1, 0.15) is 25.7 Å². The molecule has 3 unspecified atom stereocenters. The summed E-state index contributed by atoms with van der Waals surface area (Å²) in [5, 5.41) is 5.60. The Morgan fingerprint density at radius 3 is 2.12 bits per heavy atom. The number of hydrogen-bond donors (Lipinski definition) is 2. The predicted octanol–water partition coefficient (Wildman–Crippen LogP) is -0.441. The second-order valence-electron chi connectivity index (χ2n) is 4.99. The van der Waals surface area contributed by atoms with Crippen molar-refractivity contribution in [1.82, 2.24) is 10.6 Å². The summed E-state index contributed by atoms with van der Waals surface area (Å²) in [5.74, 6) is 0.553. The van der Waals surface area contributed by atoms with E-state index < -0.39 is 6.04 Å². The van der Waals surface area contributed by atoms with Gasteiger partial charge in [-0.05, 0) is 12.3 Å². The van der Waals surface area contributed by atoms with Gasteiger partial charge in [-0.15, -0.1) is 0 Å². The smallest absolute Gasteiger partial charge is 0.243 e. The monoisotopic (exact) mass is 224 g/mol. The molecule has 3 aliphatic rings. The third kappa shape index (κ3) is 2.19. The molecule has 1 aliphatic carbocycles. The van der Waals surface area contributed by atoms with Gasteiger partial charge in [0.05, 0.1) is 12.7 Å². The summed E-state index contributed by atoms with van der Waals surface area (Å²) in [7, 11) is 0. The molecular weight excluding hydrogens is 208 g/mol. The molecule has 2 heterocycles. The lowest BCUT2D eigenvalue weighted by Gasteiger charge is -2.29. The number of ether oxygens (including phenoxy) is 1. The molecule has 3 rings (SSSR count). The van der Waals surface area contributed by atoms with Crippen LogP contribution in [0.15, 0.2) is 0 Å². The average Bonchev–Trinajstić information content (AvgIpc) is 3.08. The summed E-state index contributed by atoms with van der Waals surface area (Å²) in [6.45, 7) is 0.713. The van der Waals surface area contributed by atoms with Crippen molar-refractivity contribution in [3.05, 3.63) is 0 Å². The summed E-state index contributed by atoms with van der Waals surface area (Å²) in [6, 6.07) is -0.702. The third-order valence-corrected chi connectivity index (χ3v) is 3.43. The molecule has 0 aromatic heterocycles. The molecule has 3 atom stereocenters. The van der Waals surface area contributed by atoms with E-state index in [0.717, 1.165) is 6.42 Å². The molecule has 88 valence electrons. The number of amides is 2. The summed E-state index contributed by atoms with van der Waals surface area (Å²) in [4.78, 5) is 23.5. The molecule has 2 amide bonds. The molecule has 0 bridgehead atoms. The van der Waals surface area contributed by atoms with Crippen LogP contribution in [0.2, 0.25) is 0 Å². The van der Waals surface area contributed by atoms with Crippen molar-refractivity contribution in [1.29, 1.82) is 0 Å². The maximum atomic E-state index is 11.7. The van der Waals surface area contributed by atoms with Crippen LogP contribution in [0.5, 0.6) is 0 Å². The van der Waals surface area contributed by atoms with Gasteiger partial charge in [-0.3, -0.25) is 9.59 Å². The first-order valence-corrected chi connectivity index (χ1v) is 5.95. The number of epoxide rings is 1. The van der Waals surface area contributed by atoms with Gasteiger partial charge in [0.2, 0.25) is 11.8 Å². The molecule has 3 fully saturated rings. The first kappa shape index (κ1) is 10.1. The molecule has 1 saturated carbocycles. The first-order chi connectivity index (χ1) is 7.72. The lowest BCUT2D eigenvalue weighted by molar-refractivity contribution is -0.137. The zero-order valence-electron chi connectivity index (χ0n) is 9.07. The Labute approximate surface area is 93.9 Å². The van der Waals surface area contributed by atoms with Gasteiger partial charge in [-0.1, -0.05) is 12.8 Å². The third-order valence-electron chi connectivity index (χ3n) is 3.43. The Morgan fingerprint density at radius 2 is 1.62 bits per heavy atom. The van der Waals surface area contributed by atoms with Gasteiger partial charge < -0.3 is 15.4 Å². The average molecular weight is 224 g/mol. The second-order valence-corrected chi connectivity index (χ2v) is 4.99. The number of carbonyl (C=O) groups is 2. The lowest BCUT2D eigenvalue weighted by Crippen LogP contribution is -2.62. The minimum absolute atomic E-state index is 0.0304. The standard InChI is InChI=1S/C11H16N2O3/c14-10-8(3-6-1-2-6)12-11(15)9(13-10)4-7-5-16-7/h6-9H,1-5H2,(H,12,15)(H,13,14). The van der Waals surface area contributed by atoms with E-state index in [9.17, 15) is 9.59 Å². The van der Waals surface area contributed by atoms with Crippen LogP contribution in [-0.4, -0.2) is 36.6 Å². The van der Waals surface area contributed by atoms with E-state index in [2.05, 4.69) is 10.6 Å². The molecule has 0 radical (unpaired) electrons. The number of rotatable bonds is 4. The normalized spacial score (nSPS) is 37.9. The summed E-state index contributed by atoms with van der Waals surface area (Å²) >= 11 is 0. The van der Waals surface area contributed by atoms with Crippen LogP contribution in [0, 0.1) is 5.92 Å². The molecule has 16 heavy (non-hydrogen) atoms. The van der Waals surface area contributed by atoms with E-state index in [1.54, 1.807) is 0 Å². The van der Waals surface area contributed by atoms with E-state index in [0.29, 0.717) is 18.9 Å². The van der Waals surface area contributed by atoms with Crippen molar-refractivity contribution in [2.75, 3.05) is 6.61 Å². The van der Waals surface area contributed by atoms with Crippen LogP contribution in [0.4, 0.5) is 0 Å². The van der Waals surface area contributed by atoms with Crippen molar-refractivity contribution >= 4 is 11.8 Å². The molecule has 5 nitrogen and oxygen atoms in total. The highest BCUT2D eigenvalue weighted by atomic mass is 16.6. The molecule has 0 aromatic rings. The van der Waals surface area contributed by atoms with E-state index in [-0.39, 0.29) is 24.0 Å². The van der Waals surface area contributed by atoms with Crippen LogP contribution in [0.3, 0.4) is 0 Å². The zero-order chi connectivity index (χ0) is 11.1. The van der Waals surface area contributed by atoms with Gasteiger partial charge in [-0.25, -0.2) is 0 Å². The number of piperazine rings is 1. The molecule has 0 aromatic carbocycles. The van der Waals surface area contributed by atoms with Crippen LogP contribution >= 0.6 is 0 Å². The topological polar surface area (TPSA) is 70.7 Å².